The topological polar surface area (TPSA) is 12.0 Å². The molecule has 1 N–H and O–H groups in total. The molecular formula is C17H16BrCl2N. The average Bonchev–Trinajstić information content (AvgIpc) is 2.46. The lowest BCUT2D eigenvalue weighted by Crippen LogP contribution is -2.34. The van der Waals surface area contributed by atoms with Crippen molar-refractivity contribution in [3.63, 3.8) is 0 Å². The van der Waals surface area contributed by atoms with Crippen LogP contribution < -0.4 is 5.32 Å². The standard InChI is InChI=1S/C17H16BrCl2N/c18-13-3-1-2-11(6-13)17-10-21-5-4-16(17)12-7-14(19)9-15(20)8-12/h1-3,6-9,16-17,21H,4-5,10H2. The predicted octanol–water partition coefficient (Wildman–Crippen LogP) is 5.62. The summed E-state index contributed by atoms with van der Waals surface area (Å²) in [6.07, 6.45) is 1.09. The zero-order chi connectivity index (χ0) is 14.8. The van der Waals surface area contributed by atoms with Gasteiger partial charge in [-0.2, -0.15) is 0 Å². The third kappa shape index (κ3) is 3.62. The van der Waals surface area contributed by atoms with E-state index in [1.54, 1.807) is 6.07 Å². The van der Waals surface area contributed by atoms with E-state index < -0.39 is 0 Å². The molecular weight excluding hydrogens is 369 g/mol. The van der Waals surface area contributed by atoms with Gasteiger partial charge in [0.25, 0.3) is 0 Å². The Balaban J connectivity index is 1.98. The van der Waals surface area contributed by atoms with Crippen molar-refractivity contribution in [3.8, 4) is 0 Å². The van der Waals surface area contributed by atoms with Crippen molar-refractivity contribution in [3.05, 3.63) is 68.1 Å². The summed E-state index contributed by atoms with van der Waals surface area (Å²) in [6.45, 7) is 2.00. The van der Waals surface area contributed by atoms with Crippen molar-refractivity contribution in [1.29, 1.82) is 0 Å². The lowest BCUT2D eigenvalue weighted by molar-refractivity contribution is 0.404. The van der Waals surface area contributed by atoms with Gasteiger partial charge in [0.1, 0.15) is 0 Å². The zero-order valence-electron chi connectivity index (χ0n) is 11.5. The molecule has 2 atom stereocenters. The fraction of sp³-hybridized carbons (Fsp3) is 0.294. The summed E-state index contributed by atoms with van der Waals surface area (Å²) >= 11 is 15.9. The maximum Gasteiger partial charge on any atom is 0.0423 e. The van der Waals surface area contributed by atoms with Crippen molar-refractivity contribution in [2.45, 2.75) is 18.3 Å². The van der Waals surface area contributed by atoms with Gasteiger partial charge >= 0.3 is 0 Å². The van der Waals surface area contributed by atoms with Crippen molar-refractivity contribution < 1.29 is 0 Å². The number of piperidine rings is 1. The van der Waals surface area contributed by atoms with Gasteiger partial charge in [0.15, 0.2) is 0 Å². The van der Waals surface area contributed by atoms with Gasteiger partial charge in [-0.05, 0) is 60.3 Å². The number of benzene rings is 2. The summed E-state index contributed by atoms with van der Waals surface area (Å²) in [5.41, 5.74) is 2.58. The van der Waals surface area contributed by atoms with Gasteiger partial charge in [0.05, 0.1) is 0 Å². The molecule has 1 fully saturated rings. The molecule has 1 nitrogen and oxygen atoms in total. The molecule has 0 saturated carbocycles. The van der Waals surface area contributed by atoms with E-state index in [1.807, 2.05) is 0 Å². The number of nitrogens with one attached hydrogen (secondary N) is 1. The first-order chi connectivity index (χ1) is 10.1. The van der Waals surface area contributed by atoms with Crippen LogP contribution in [0.4, 0.5) is 0 Å². The third-order valence-corrected chi connectivity index (χ3v) is 5.00. The Morgan fingerprint density at radius 1 is 0.952 bits per heavy atom. The van der Waals surface area contributed by atoms with Crippen molar-refractivity contribution in [1.82, 2.24) is 5.32 Å². The van der Waals surface area contributed by atoms with E-state index in [1.165, 1.54) is 11.1 Å². The minimum atomic E-state index is 0.436. The summed E-state index contributed by atoms with van der Waals surface area (Å²) in [4.78, 5) is 0. The first kappa shape index (κ1) is 15.4. The lowest BCUT2D eigenvalue weighted by atomic mass is 9.77. The molecule has 110 valence electrons. The zero-order valence-corrected chi connectivity index (χ0v) is 14.5. The van der Waals surface area contributed by atoms with Crippen LogP contribution in [0, 0.1) is 0 Å². The molecule has 0 aliphatic carbocycles. The van der Waals surface area contributed by atoms with E-state index in [0.29, 0.717) is 21.9 Å². The Labute approximate surface area is 143 Å². The highest BCUT2D eigenvalue weighted by molar-refractivity contribution is 9.10. The molecule has 1 aliphatic heterocycles. The van der Waals surface area contributed by atoms with E-state index in [9.17, 15) is 0 Å². The molecule has 1 aliphatic rings. The van der Waals surface area contributed by atoms with E-state index in [2.05, 4.69) is 57.6 Å². The van der Waals surface area contributed by atoms with Crippen LogP contribution in [0.5, 0.6) is 0 Å². The third-order valence-electron chi connectivity index (χ3n) is 4.07. The Kier molecular flexibility index (Phi) is 4.90. The summed E-state index contributed by atoms with van der Waals surface area (Å²) in [7, 11) is 0. The maximum atomic E-state index is 6.18. The minimum absolute atomic E-state index is 0.436. The molecule has 2 unspecified atom stereocenters. The summed E-state index contributed by atoms with van der Waals surface area (Å²) in [5.74, 6) is 0.877. The second-order valence-electron chi connectivity index (χ2n) is 5.46. The van der Waals surface area contributed by atoms with Crippen LogP contribution in [-0.4, -0.2) is 13.1 Å². The highest BCUT2D eigenvalue weighted by Crippen LogP contribution is 2.39. The second kappa shape index (κ2) is 6.70. The van der Waals surface area contributed by atoms with Gasteiger partial charge < -0.3 is 5.32 Å². The minimum Gasteiger partial charge on any atom is -0.316 e. The maximum absolute atomic E-state index is 6.18. The highest BCUT2D eigenvalue weighted by Gasteiger charge is 2.28. The number of halogens is 3. The van der Waals surface area contributed by atoms with Crippen LogP contribution in [0.2, 0.25) is 10.0 Å². The van der Waals surface area contributed by atoms with E-state index >= 15 is 0 Å². The number of hydrogen-bond donors (Lipinski definition) is 1. The molecule has 0 bridgehead atoms. The van der Waals surface area contributed by atoms with Gasteiger partial charge in [-0.3, -0.25) is 0 Å². The van der Waals surface area contributed by atoms with Crippen LogP contribution in [0.1, 0.15) is 29.4 Å². The molecule has 1 heterocycles. The molecule has 3 rings (SSSR count). The largest absolute Gasteiger partial charge is 0.316 e. The SMILES string of the molecule is Clc1cc(Cl)cc(C2CCNCC2c2cccc(Br)c2)c1. The van der Waals surface area contributed by atoms with Crippen LogP contribution in [0.3, 0.4) is 0 Å². The average molecular weight is 385 g/mol. The molecule has 0 amide bonds. The van der Waals surface area contributed by atoms with Gasteiger partial charge in [0.2, 0.25) is 0 Å². The first-order valence-corrected chi connectivity index (χ1v) is 8.60. The van der Waals surface area contributed by atoms with E-state index in [-0.39, 0.29) is 0 Å². The molecule has 2 aromatic rings. The predicted molar refractivity (Wildman–Crippen MR) is 93.6 cm³/mol. The lowest BCUT2D eigenvalue weighted by Gasteiger charge is -2.33. The Hall–Kier alpha value is -0.540. The van der Waals surface area contributed by atoms with E-state index in [0.717, 1.165) is 24.0 Å². The Bertz CT molecular complexity index is 624. The van der Waals surface area contributed by atoms with Gasteiger partial charge in [-0.25, -0.2) is 0 Å². The molecule has 21 heavy (non-hydrogen) atoms. The molecule has 2 aromatic carbocycles. The number of hydrogen-bond acceptors (Lipinski definition) is 1. The van der Waals surface area contributed by atoms with Crippen molar-refractivity contribution >= 4 is 39.1 Å². The molecule has 0 radical (unpaired) electrons. The Morgan fingerprint density at radius 2 is 1.71 bits per heavy atom. The fourth-order valence-corrected chi connectivity index (χ4v) is 4.09. The summed E-state index contributed by atoms with van der Waals surface area (Å²) in [6, 6.07) is 14.4. The number of rotatable bonds is 2. The van der Waals surface area contributed by atoms with Gasteiger partial charge in [-0.1, -0.05) is 51.3 Å². The highest BCUT2D eigenvalue weighted by atomic mass is 79.9. The van der Waals surface area contributed by atoms with Crippen LogP contribution >= 0.6 is 39.1 Å². The second-order valence-corrected chi connectivity index (χ2v) is 7.25. The summed E-state index contributed by atoms with van der Waals surface area (Å²) in [5, 5.41) is 4.92. The van der Waals surface area contributed by atoms with Crippen LogP contribution in [0.15, 0.2) is 46.9 Å². The van der Waals surface area contributed by atoms with Gasteiger partial charge in [0, 0.05) is 27.0 Å². The van der Waals surface area contributed by atoms with Crippen molar-refractivity contribution in [2.75, 3.05) is 13.1 Å². The first-order valence-electron chi connectivity index (χ1n) is 7.05. The molecule has 0 aromatic heterocycles. The van der Waals surface area contributed by atoms with E-state index in [4.69, 9.17) is 23.2 Å². The molecule has 0 spiro atoms. The van der Waals surface area contributed by atoms with Crippen molar-refractivity contribution in [2.24, 2.45) is 0 Å². The molecule has 4 heteroatoms. The quantitative estimate of drug-likeness (QED) is 0.708. The smallest absolute Gasteiger partial charge is 0.0423 e. The van der Waals surface area contributed by atoms with Gasteiger partial charge in [-0.15, -0.1) is 0 Å². The fourth-order valence-electron chi connectivity index (χ4n) is 3.13. The monoisotopic (exact) mass is 383 g/mol. The van der Waals surface area contributed by atoms with Crippen LogP contribution in [0.25, 0.3) is 0 Å². The molecule has 1 saturated heterocycles. The normalized spacial score (nSPS) is 22.2. The summed E-state index contributed by atoms with van der Waals surface area (Å²) < 4.78 is 1.12. The van der Waals surface area contributed by atoms with Crippen LogP contribution in [-0.2, 0) is 0 Å². The Morgan fingerprint density at radius 3 is 2.43 bits per heavy atom.